The van der Waals surface area contributed by atoms with E-state index in [2.05, 4.69) is 5.32 Å². The number of hydrogen-bond donors (Lipinski definition) is 1. The van der Waals surface area contributed by atoms with Gasteiger partial charge in [0.05, 0.1) is 6.10 Å². The summed E-state index contributed by atoms with van der Waals surface area (Å²) < 4.78 is 10.5. The zero-order chi connectivity index (χ0) is 12.1. The molecule has 2 unspecified atom stereocenters. The number of esters is 1. The van der Waals surface area contributed by atoms with Crippen LogP contribution >= 0.6 is 0 Å². The smallest absolute Gasteiger partial charge is 0.326 e. The van der Waals surface area contributed by atoms with Crippen molar-refractivity contribution in [2.75, 3.05) is 13.7 Å². The number of benzene rings is 1. The Morgan fingerprint density at radius 3 is 2.88 bits per heavy atom. The van der Waals surface area contributed by atoms with Crippen molar-refractivity contribution in [2.45, 2.75) is 25.2 Å². The monoisotopic (exact) mass is 235 g/mol. The van der Waals surface area contributed by atoms with E-state index in [1.807, 2.05) is 30.3 Å². The van der Waals surface area contributed by atoms with Gasteiger partial charge in [-0.25, -0.2) is 0 Å². The SMILES string of the molecule is COC1CCNC1C(=O)OCc1ccccc1. The van der Waals surface area contributed by atoms with Crippen molar-refractivity contribution in [3.8, 4) is 0 Å². The van der Waals surface area contributed by atoms with Gasteiger partial charge in [0.15, 0.2) is 0 Å². The second kappa shape index (κ2) is 5.80. The van der Waals surface area contributed by atoms with Gasteiger partial charge in [-0.05, 0) is 18.5 Å². The first-order valence-electron chi connectivity index (χ1n) is 5.78. The number of carbonyl (C=O) groups is 1. The van der Waals surface area contributed by atoms with Crippen molar-refractivity contribution in [3.05, 3.63) is 35.9 Å². The van der Waals surface area contributed by atoms with Gasteiger partial charge in [0, 0.05) is 7.11 Å². The number of ether oxygens (including phenoxy) is 2. The zero-order valence-corrected chi connectivity index (χ0v) is 9.89. The van der Waals surface area contributed by atoms with Gasteiger partial charge in [-0.1, -0.05) is 30.3 Å². The summed E-state index contributed by atoms with van der Waals surface area (Å²) in [7, 11) is 1.62. The minimum absolute atomic E-state index is 0.0710. The highest BCUT2D eigenvalue weighted by Crippen LogP contribution is 2.12. The molecule has 0 saturated carbocycles. The molecule has 1 aromatic carbocycles. The van der Waals surface area contributed by atoms with Crippen molar-refractivity contribution in [2.24, 2.45) is 0 Å². The Kier molecular flexibility index (Phi) is 4.12. The Labute approximate surface area is 101 Å². The lowest BCUT2D eigenvalue weighted by atomic mass is 10.2. The third-order valence-electron chi connectivity index (χ3n) is 2.95. The molecule has 92 valence electrons. The first-order valence-corrected chi connectivity index (χ1v) is 5.78. The van der Waals surface area contributed by atoms with E-state index >= 15 is 0 Å². The van der Waals surface area contributed by atoms with Gasteiger partial charge in [-0.2, -0.15) is 0 Å². The molecule has 0 bridgehead atoms. The number of nitrogens with one attached hydrogen (secondary N) is 1. The molecule has 0 amide bonds. The van der Waals surface area contributed by atoms with Crippen molar-refractivity contribution < 1.29 is 14.3 Å². The lowest BCUT2D eigenvalue weighted by Gasteiger charge is -2.16. The van der Waals surface area contributed by atoms with E-state index < -0.39 is 0 Å². The fourth-order valence-electron chi connectivity index (χ4n) is 1.99. The molecule has 1 heterocycles. The predicted octanol–water partition coefficient (Wildman–Crippen LogP) is 1.11. The van der Waals surface area contributed by atoms with E-state index in [0.717, 1.165) is 18.5 Å². The molecule has 1 aliphatic heterocycles. The first-order chi connectivity index (χ1) is 8.31. The highest BCUT2D eigenvalue weighted by Gasteiger charge is 2.33. The molecule has 1 N–H and O–H groups in total. The molecule has 17 heavy (non-hydrogen) atoms. The van der Waals surface area contributed by atoms with Gasteiger partial charge < -0.3 is 14.8 Å². The molecular formula is C13H17NO3. The summed E-state index contributed by atoms with van der Waals surface area (Å²) in [5, 5.41) is 3.09. The third-order valence-corrected chi connectivity index (χ3v) is 2.95. The summed E-state index contributed by atoms with van der Waals surface area (Å²) in [5.41, 5.74) is 0.993. The van der Waals surface area contributed by atoms with E-state index in [9.17, 15) is 4.79 Å². The molecular weight excluding hydrogens is 218 g/mol. The van der Waals surface area contributed by atoms with E-state index in [1.54, 1.807) is 7.11 Å². The number of hydrogen-bond acceptors (Lipinski definition) is 4. The minimum Gasteiger partial charge on any atom is -0.460 e. The lowest BCUT2D eigenvalue weighted by molar-refractivity contribution is -0.149. The quantitative estimate of drug-likeness (QED) is 0.794. The van der Waals surface area contributed by atoms with E-state index in [4.69, 9.17) is 9.47 Å². The number of methoxy groups -OCH3 is 1. The molecule has 2 atom stereocenters. The Bertz CT molecular complexity index is 366. The summed E-state index contributed by atoms with van der Waals surface area (Å²) in [6.07, 6.45) is 0.778. The zero-order valence-electron chi connectivity index (χ0n) is 9.89. The minimum atomic E-state index is -0.330. The highest BCUT2D eigenvalue weighted by molar-refractivity contribution is 5.77. The van der Waals surface area contributed by atoms with Gasteiger partial charge in [0.1, 0.15) is 12.6 Å². The van der Waals surface area contributed by atoms with Crippen LogP contribution in [0.3, 0.4) is 0 Å². The Morgan fingerprint density at radius 2 is 2.18 bits per heavy atom. The van der Waals surface area contributed by atoms with Crippen LogP contribution < -0.4 is 5.32 Å². The number of carbonyl (C=O) groups excluding carboxylic acids is 1. The Hall–Kier alpha value is -1.39. The standard InChI is InChI=1S/C13H17NO3/c1-16-11-7-8-14-12(11)13(15)17-9-10-5-3-2-4-6-10/h2-6,11-12,14H,7-9H2,1H3. The normalized spacial score (nSPS) is 23.6. The number of rotatable bonds is 4. The largest absolute Gasteiger partial charge is 0.460 e. The molecule has 4 heteroatoms. The van der Waals surface area contributed by atoms with Crippen molar-refractivity contribution >= 4 is 5.97 Å². The third kappa shape index (κ3) is 3.05. The fraction of sp³-hybridized carbons (Fsp3) is 0.462. The van der Waals surface area contributed by atoms with Crippen LogP contribution in [0, 0.1) is 0 Å². The maximum absolute atomic E-state index is 11.8. The molecule has 0 radical (unpaired) electrons. The molecule has 0 aromatic heterocycles. The Morgan fingerprint density at radius 1 is 1.41 bits per heavy atom. The van der Waals surface area contributed by atoms with Crippen molar-refractivity contribution in [1.29, 1.82) is 0 Å². The van der Waals surface area contributed by atoms with E-state index in [0.29, 0.717) is 6.61 Å². The van der Waals surface area contributed by atoms with Crippen LogP contribution in [0.2, 0.25) is 0 Å². The van der Waals surface area contributed by atoms with Crippen LogP contribution in [0.15, 0.2) is 30.3 Å². The van der Waals surface area contributed by atoms with Gasteiger partial charge in [0.25, 0.3) is 0 Å². The molecule has 1 aliphatic rings. The van der Waals surface area contributed by atoms with Gasteiger partial charge in [-0.15, -0.1) is 0 Å². The summed E-state index contributed by atoms with van der Waals surface area (Å²) in [4.78, 5) is 11.8. The van der Waals surface area contributed by atoms with Crippen LogP contribution in [0.25, 0.3) is 0 Å². The predicted molar refractivity (Wildman–Crippen MR) is 63.4 cm³/mol. The summed E-state index contributed by atoms with van der Waals surface area (Å²) in [6, 6.07) is 9.32. The second-order valence-corrected chi connectivity index (χ2v) is 4.09. The van der Waals surface area contributed by atoms with Gasteiger partial charge >= 0.3 is 5.97 Å². The highest BCUT2D eigenvalue weighted by atomic mass is 16.5. The maximum Gasteiger partial charge on any atom is 0.326 e. The molecule has 1 fully saturated rings. The van der Waals surface area contributed by atoms with Crippen molar-refractivity contribution in [3.63, 3.8) is 0 Å². The average molecular weight is 235 g/mol. The summed E-state index contributed by atoms with van der Waals surface area (Å²) in [6.45, 7) is 1.11. The molecule has 4 nitrogen and oxygen atoms in total. The van der Waals surface area contributed by atoms with Crippen LogP contribution in [-0.4, -0.2) is 31.8 Å². The van der Waals surface area contributed by atoms with Gasteiger partial charge in [-0.3, -0.25) is 4.79 Å². The summed E-state index contributed by atoms with van der Waals surface area (Å²) in [5.74, 6) is -0.238. The topological polar surface area (TPSA) is 47.6 Å². The van der Waals surface area contributed by atoms with Crippen LogP contribution in [0.4, 0.5) is 0 Å². The second-order valence-electron chi connectivity index (χ2n) is 4.09. The van der Waals surface area contributed by atoms with E-state index in [-0.39, 0.29) is 18.1 Å². The van der Waals surface area contributed by atoms with Crippen LogP contribution in [0.1, 0.15) is 12.0 Å². The molecule has 1 saturated heterocycles. The Balaban J connectivity index is 1.85. The molecule has 1 aromatic rings. The molecule has 0 spiro atoms. The summed E-state index contributed by atoms with van der Waals surface area (Å²) >= 11 is 0. The van der Waals surface area contributed by atoms with Crippen LogP contribution in [0.5, 0.6) is 0 Å². The average Bonchev–Trinajstić information content (AvgIpc) is 2.85. The van der Waals surface area contributed by atoms with Crippen molar-refractivity contribution in [1.82, 2.24) is 5.32 Å². The fourth-order valence-corrected chi connectivity index (χ4v) is 1.99. The van der Waals surface area contributed by atoms with Gasteiger partial charge in [0.2, 0.25) is 0 Å². The van der Waals surface area contributed by atoms with E-state index in [1.165, 1.54) is 0 Å². The molecule has 2 rings (SSSR count). The maximum atomic E-state index is 11.8. The molecule has 0 aliphatic carbocycles. The lowest BCUT2D eigenvalue weighted by Crippen LogP contribution is -2.40. The first kappa shape index (κ1) is 12.1. The van der Waals surface area contributed by atoms with Crippen LogP contribution in [-0.2, 0) is 20.9 Å².